The van der Waals surface area contributed by atoms with E-state index in [0.29, 0.717) is 6.42 Å². The van der Waals surface area contributed by atoms with Gasteiger partial charge < -0.3 is 10.6 Å². The van der Waals surface area contributed by atoms with Gasteiger partial charge in [0.1, 0.15) is 0 Å². The Hall–Kier alpha value is -0.580. The summed E-state index contributed by atoms with van der Waals surface area (Å²) in [6.07, 6.45) is 5.83. The minimum absolute atomic E-state index is 0. The van der Waals surface area contributed by atoms with Crippen molar-refractivity contribution >= 4 is 34.2 Å². The topological polar surface area (TPSA) is 46.3 Å². The lowest BCUT2D eigenvalue weighted by Crippen LogP contribution is -2.28. The Morgan fingerprint density at radius 1 is 1.14 bits per heavy atom. The predicted octanol–water partition coefficient (Wildman–Crippen LogP) is 3.78. The molecule has 0 aliphatic carbocycles. The zero-order valence-corrected chi connectivity index (χ0v) is 15.1. The summed E-state index contributed by atoms with van der Waals surface area (Å²) in [7, 11) is 1.89. The van der Waals surface area contributed by atoms with E-state index in [1.807, 2.05) is 24.1 Å². The molecular formula is C16H26BrClN2O. The molecule has 0 saturated heterocycles. The van der Waals surface area contributed by atoms with E-state index in [1.54, 1.807) is 0 Å². The molecule has 0 aliphatic rings. The summed E-state index contributed by atoms with van der Waals surface area (Å²) in [5.41, 5.74) is 6.70. The van der Waals surface area contributed by atoms with Gasteiger partial charge in [-0.15, -0.1) is 12.4 Å². The summed E-state index contributed by atoms with van der Waals surface area (Å²) < 4.78 is 1.09. The van der Waals surface area contributed by atoms with E-state index in [4.69, 9.17) is 5.73 Å². The van der Waals surface area contributed by atoms with Gasteiger partial charge in [-0.1, -0.05) is 40.9 Å². The summed E-state index contributed by atoms with van der Waals surface area (Å²) in [5.74, 6) is 0.245. The molecule has 5 heteroatoms. The fraction of sp³-hybridized carbons (Fsp3) is 0.562. The number of benzene rings is 1. The van der Waals surface area contributed by atoms with Gasteiger partial charge in [-0.2, -0.15) is 0 Å². The standard InChI is InChI=1S/C16H25BrN2O.ClH/c1-19(16(20)6-4-2-3-5-12-18)13-11-14-7-9-15(17)10-8-14;/h7-10H,2-6,11-13,18H2,1H3;1H. The molecule has 0 aromatic heterocycles. The number of carbonyl (C=O) groups excluding carboxylic acids is 1. The van der Waals surface area contributed by atoms with E-state index in [1.165, 1.54) is 5.56 Å². The largest absolute Gasteiger partial charge is 0.345 e. The van der Waals surface area contributed by atoms with Crippen molar-refractivity contribution < 1.29 is 4.79 Å². The van der Waals surface area contributed by atoms with Crippen LogP contribution in [-0.4, -0.2) is 30.9 Å². The lowest BCUT2D eigenvalue weighted by molar-refractivity contribution is -0.130. The van der Waals surface area contributed by atoms with Gasteiger partial charge in [-0.3, -0.25) is 4.79 Å². The normalized spacial score (nSPS) is 10.0. The number of amides is 1. The Kier molecular flexibility index (Phi) is 11.7. The van der Waals surface area contributed by atoms with Crippen molar-refractivity contribution in [1.29, 1.82) is 0 Å². The third-order valence-electron chi connectivity index (χ3n) is 3.42. The van der Waals surface area contributed by atoms with Crippen molar-refractivity contribution in [2.45, 2.75) is 38.5 Å². The van der Waals surface area contributed by atoms with Crippen LogP contribution in [0.1, 0.15) is 37.7 Å². The van der Waals surface area contributed by atoms with Crippen LogP contribution < -0.4 is 5.73 Å². The maximum Gasteiger partial charge on any atom is 0.222 e. The number of halogens is 2. The fourth-order valence-corrected chi connectivity index (χ4v) is 2.30. The summed E-state index contributed by atoms with van der Waals surface area (Å²) in [5, 5.41) is 0. The van der Waals surface area contributed by atoms with Gasteiger partial charge in [-0.05, 0) is 43.5 Å². The minimum Gasteiger partial charge on any atom is -0.345 e. The number of nitrogens with zero attached hydrogens (tertiary/aromatic N) is 1. The van der Waals surface area contributed by atoms with Gasteiger partial charge in [0.05, 0.1) is 0 Å². The summed E-state index contributed by atoms with van der Waals surface area (Å²) in [6.45, 7) is 1.53. The Bertz CT molecular complexity index is 398. The number of unbranched alkanes of at least 4 members (excludes halogenated alkanes) is 3. The first-order chi connectivity index (χ1) is 9.63. The van der Waals surface area contributed by atoms with E-state index in [9.17, 15) is 4.79 Å². The summed E-state index contributed by atoms with van der Waals surface area (Å²) >= 11 is 3.42. The number of rotatable bonds is 9. The molecule has 0 atom stereocenters. The highest BCUT2D eigenvalue weighted by molar-refractivity contribution is 9.10. The average Bonchev–Trinajstić information content (AvgIpc) is 2.46. The molecule has 0 spiro atoms. The van der Waals surface area contributed by atoms with Crippen LogP contribution in [-0.2, 0) is 11.2 Å². The van der Waals surface area contributed by atoms with Crippen molar-refractivity contribution in [2.75, 3.05) is 20.1 Å². The second-order valence-electron chi connectivity index (χ2n) is 5.14. The lowest BCUT2D eigenvalue weighted by Gasteiger charge is -2.17. The van der Waals surface area contributed by atoms with Crippen molar-refractivity contribution in [3.8, 4) is 0 Å². The van der Waals surface area contributed by atoms with E-state index >= 15 is 0 Å². The zero-order valence-electron chi connectivity index (χ0n) is 12.7. The fourth-order valence-electron chi connectivity index (χ4n) is 2.04. The highest BCUT2D eigenvalue weighted by Gasteiger charge is 2.08. The second kappa shape index (κ2) is 12.0. The number of nitrogens with two attached hydrogens (primary N) is 1. The number of hydrogen-bond acceptors (Lipinski definition) is 2. The predicted molar refractivity (Wildman–Crippen MR) is 94.9 cm³/mol. The third-order valence-corrected chi connectivity index (χ3v) is 3.95. The first-order valence-electron chi connectivity index (χ1n) is 7.32. The van der Waals surface area contributed by atoms with Crippen LogP contribution in [0.5, 0.6) is 0 Å². The van der Waals surface area contributed by atoms with E-state index in [-0.39, 0.29) is 18.3 Å². The van der Waals surface area contributed by atoms with Crippen LogP contribution in [0.15, 0.2) is 28.7 Å². The van der Waals surface area contributed by atoms with Crippen LogP contribution >= 0.6 is 28.3 Å². The zero-order chi connectivity index (χ0) is 14.8. The van der Waals surface area contributed by atoms with E-state index < -0.39 is 0 Å². The molecule has 1 aromatic rings. The van der Waals surface area contributed by atoms with Gasteiger partial charge in [0.2, 0.25) is 5.91 Å². The van der Waals surface area contributed by atoms with Gasteiger partial charge in [0.15, 0.2) is 0 Å². The highest BCUT2D eigenvalue weighted by Crippen LogP contribution is 2.11. The number of likely N-dealkylation sites (N-methyl/N-ethyl adjacent to an activating group) is 1. The molecule has 0 unspecified atom stereocenters. The van der Waals surface area contributed by atoms with Gasteiger partial charge in [0, 0.05) is 24.5 Å². The molecule has 120 valence electrons. The Morgan fingerprint density at radius 3 is 2.38 bits per heavy atom. The maximum atomic E-state index is 11.9. The third kappa shape index (κ3) is 9.12. The van der Waals surface area contributed by atoms with Crippen LogP contribution in [0, 0.1) is 0 Å². The van der Waals surface area contributed by atoms with Gasteiger partial charge in [0.25, 0.3) is 0 Å². The van der Waals surface area contributed by atoms with Crippen molar-refractivity contribution in [3.63, 3.8) is 0 Å². The maximum absolute atomic E-state index is 11.9. The molecule has 0 saturated carbocycles. The molecule has 0 bridgehead atoms. The molecule has 0 radical (unpaired) electrons. The van der Waals surface area contributed by atoms with E-state index in [0.717, 1.165) is 49.7 Å². The SMILES string of the molecule is CN(CCc1ccc(Br)cc1)C(=O)CCCCCCN.Cl. The summed E-state index contributed by atoms with van der Waals surface area (Å²) in [4.78, 5) is 13.8. The minimum atomic E-state index is 0. The van der Waals surface area contributed by atoms with Gasteiger partial charge in [-0.25, -0.2) is 0 Å². The Labute approximate surface area is 142 Å². The first kappa shape index (κ1) is 20.4. The molecule has 3 nitrogen and oxygen atoms in total. The molecule has 1 rings (SSSR count). The number of hydrogen-bond donors (Lipinski definition) is 1. The molecular weight excluding hydrogens is 352 g/mol. The smallest absolute Gasteiger partial charge is 0.222 e. The van der Waals surface area contributed by atoms with Crippen molar-refractivity contribution in [3.05, 3.63) is 34.3 Å². The van der Waals surface area contributed by atoms with Crippen LogP contribution in [0.2, 0.25) is 0 Å². The molecule has 21 heavy (non-hydrogen) atoms. The molecule has 0 aliphatic heterocycles. The second-order valence-corrected chi connectivity index (χ2v) is 6.06. The quantitative estimate of drug-likeness (QED) is 0.666. The molecule has 1 amide bonds. The van der Waals surface area contributed by atoms with Crippen LogP contribution in [0.3, 0.4) is 0 Å². The average molecular weight is 378 g/mol. The van der Waals surface area contributed by atoms with E-state index in [2.05, 4.69) is 28.1 Å². The Morgan fingerprint density at radius 2 is 1.76 bits per heavy atom. The Balaban J connectivity index is 0.00000400. The summed E-state index contributed by atoms with van der Waals surface area (Å²) in [6, 6.07) is 8.26. The van der Waals surface area contributed by atoms with Gasteiger partial charge >= 0.3 is 0 Å². The van der Waals surface area contributed by atoms with Crippen LogP contribution in [0.25, 0.3) is 0 Å². The lowest BCUT2D eigenvalue weighted by atomic mass is 10.1. The molecule has 0 heterocycles. The molecule has 1 aromatic carbocycles. The van der Waals surface area contributed by atoms with Crippen molar-refractivity contribution in [2.24, 2.45) is 5.73 Å². The van der Waals surface area contributed by atoms with Crippen LogP contribution in [0.4, 0.5) is 0 Å². The molecule has 0 fully saturated rings. The first-order valence-corrected chi connectivity index (χ1v) is 8.11. The monoisotopic (exact) mass is 376 g/mol. The molecule has 2 N–H and O–H groups in total. The number of carbonyl (C=O) groups is 1. The van der Waals surface area contributed by atoms with Crippen molar-refractivity contribution in [1.82, 2.24) is 4.90 Å². The highest BCUT2D eigenvalue weighted by atomic mass is 79.9.